The molecule has 0 fully saturated rings. The third kappa shape index (κ3) is 5.67. The molecule has 0 aliphatic heterocycles. The minimum atomic E-state index is -1.08. The van der Waals surface area contributed by atoms with E-state index in [0.717, 1.165) is 0 Å². The molecule has 0 rings (SSSR count). The molecule has 0 aromatic rings. The number of carbonyl (C=O) groups is 2. The van der Waals surface area contributed by atoms with Crippen LogP contribution in [-0.4, -0.2) is 47.3 Å². The van der Waals surface area contributed by atoms with Crippen molar-refractivity contribution in [2.24, 2.45) is 5.92 Å². The lowest BCUT2D eigenvalue weighted by Gasteiger charge is -2.22. The number of hydrogen-bond donors (Lipinski definition) is 4. The Hall–Kier alpha value is -1.14. The van der Waals surface area contributed by atoms with E-state index < -0.39 is 12.0 Å². The van der Waals surface area contributed by atoms with Crippen LogP contribution in [0.15, 0.2) is 0 Å². The van der Waals surface area contributed by atoms with Crippen LogP contribution in [0.5, 0.6) is 0 Å². The van der Waals surface area contributed by atoms with Crippen LogP contribution in [-0.2, 0) is 9.59 Å². The quantitative estimate of drug-likeness (QED) is 0.460. The first kappa shape index (κ1) is 14.9. The Kier molecular flexibility index (Phi) is 6.67. The number of carboxylic acid groups (broad SMARTS) is 1. The van der Waals surface area contributed by atoms with Crippen LogP contribution < -0.4 is 10.6 Å². The SMILES string of the molecule is CC(=O)NC(CNC(C)C(C)CO)C(=O)O. The van der Waals surface area contributed by atoms with Gasteiger partial charge in [0.25, 0.3) is 0 Å². The highest BCUT2D eigenvalue weighted by molar-refractivity contribution is 5.82. The monoisotopic (exact) mass is 232 g/mol. The van der Waals surface area contributed by atoms with E-state index in [1.165, 1.54) is 6.92 Å². The van der Waals surface area contributed by atoms with E-state index in [0.29, 0.717) is 0 Å². The van der Waals surface area contributed by atoms with Gasteiger partial charge in [-0.1, -0.05) is 6.92 Å². The van der Waals surface area contributed by atoms with Gasteiger partial charge in [0.2, 0.25) is 5.91 Å². The average Bonchev–Trinajstić information content (AvgIpc) is 2.21. The number of rotatable bonds is 7. The first-order valence-corrected chi connectivity index (χ1v) is 5.22. The van der Waals surface area contributed by atoms with Crippen molar-refractivity contribution in [1.82, 2.24) is 10.6 Å². The molecule has 0 spiro atoms. The summed E-state index contributed by atoms with van der Waals surface area (Å²) in [5.41, 5.74) is 0. The van der Waals surface area contributed by atoms with E-state index in [2.05, 4.69) is 10.6 Å². The number of aliphatic hydroxyl groups excluding tert-OH is 1. The summed E-state index contributed by atoms with van der Waals surface area (Å²) in [5, 5.41) is 23.0. The van der Waals surface area contributed by atoms with E-state index in [1.807, 2.05) is 13.8 Å². The molecule has 1 amide bonds. The Morgan fingerprint density at radius 2 is 1.88 bits per heavy atom. The molecule has 3 atom stereocenters. The van der Waals surface area contributed by atoms with E-state index in [-0.39, 0.29) is 31.0 Å². The summed E-state index contributed by atoms with van der Waals surface area (Å²) in [6.45, 7) is 5.15. The number of carbonyl (C=O) groups excluding carboxylic acids is 1. The lowest BCUT2D eigenvalue weighted by Crippen LogP contribution is -2.49. The normalized spacial score (nSPS) is 16.2. The van der Waals surface area contributed by atoms with Crippen molar-refractivity contribution >= 4 is 11.9 Å². The maximum Gasteiger partial charge on any atom is 0.327 e. The molecule has 0 bridgehead atoms. The first-order chi connectivity index (χ1) is 7.38. The van der Waals surface area contributed by atoms with Gasteiger partial charge in [-0.15, -0.1) is 0 Å². The number of carboxylic acids is 1. The summed E-state index contributed by atoms with van der Waals surface area (Å²) in [7, 11) is 0. The van der Waals surface area contributed by atoms with Gasteiger partial charge in [-0.25, -0.2) is 4.79 Å². The zero-order chi connectivity index (χ0) is 12.7. The Bertz CT molecular complexity index is 245. The molecule has 0 saturated carbocycles. The topological polar surface area (TPSA) is 98.7 Å². The number of aliphatic hydroxyl groups is 1. The van der Waals surface area contributed by atoms with Gasteiger partial charge in [0.15, 0.2) is 0 Å². The Morgan fingerprint density at radius 1 is 1.31 bits per heavy atom. The molecule has 0 heterocycles. The Morgan fingerprint density at radius 3 is 2.25 bits per heavy atom. The molecule has 3 unspecified atom stereocenters. The smallest absolute Gasteiger partial charge is 0.327 e. The predicted octanol–water partition coefficient (Wildman–Crippen LogP) is -0.818. The fraction of sp³-hybridized carbons (Fsp3) is 0.800. The van der Waals surface area contributed by atoms with Gasteiger partial charge in [0, 0.05) is 26.1 Å². The molecule has 0 aromatic heterocycles. The van der Waals surface area contributed by atoms with Crippen LogP contribution in [0.3, 0.4) is 0 Å². The van der Waals surface area contributed by atoms with Crippen molar-refractivity contribution in [1.29, 1.82) is 0 Å². The van der Waals surface area contributed by atoms with Gasteiger partial charge in [0.05, 0.1) is 0 Å². The number of nitrogens with one attached hydrogen (secondary N) is 2. The lowest BCUT2D eigenvalue weighted by atomic mass is 10.0. The van der Waals surface area contributed by atoms with Crippen LogP contribution >= 0.6 is 0 Å². The van der Waals surface area contributed by atoms with E-state index in [1.54, 1.807) is 0 Å². The van der Waals surface area contributed by atoms with Crippen molar-refractivity contribution in [3.8, 4) is 0 Å². The highest BCUT2D eigenvalue weighted by Gasteiger charge is 2.20. The third-order valence-electron chi connectivity index (χ3n) is 2.46. The van der Waals surface area contributed by atoms with Crippen molar-refractivity contribution in [3.63, 3.8) is 0 Å². The molecule has 4 N–H and O–H groups in total. The van der Waals surface area contributed by atoms with Crippen LogP contribution in [0, 0.1) is 5.92 Å². The number of aliphatic carboxylic acids is 1. The summed E-state index contributed by atoms with van der Waals surface area (Å²) in [5.74, 6) is -1.42. The fourth-order valence-electron chi connectivity index (χ4n) is 1.11. The standard InChI is InChI=1S/C10H20N2O4/c1-6(5-13)7(2)11-4-9(10(15)16)12-8(3)14/h6-7,9,11,13H,4-5H2,1-3H3,(H,12,14)(H,15,16). The molecule has 6 heteroatoms. The molecule has 0 aromatic carbocycles. The second-order valence-corrected chi connectivity index (χ2v) is 3.95. The third-order valence-corrected chi connectivity index (χ3v) is 2.46. The van der Waals surface area contributed by atoms with Gasteiger partial charge in [0.1, 0.15) is 6.04 Å². The molecule has 0 aliphatic rings. The van der Waals surface area contributed by atoms with Gasteiger partial charge in [-0.05, 0) is 12.8 Å². The molecular formula is C10H20N2O4. The van der Waals surface area contributed by atoms with Crippen LogP contribution in [0.25, 0.3) is 0 Å². The zero-order valence-corrected chi connectivity index (χ0v) is 9.86. The molecule has 16 heavy (non-hydrogen) atoms. The van der Waals surface area contributed by atoms with Gasteiger partial charge in [-0.3, -0.25) is 4.79 Å². The summed E-state index contributed by atoms with van der Waals surface area (Å²) in [4.78, 5) is 21.5. The average molecular weight is 232 g/mol. The molecule has 0 radical (unpaired) electrons. The minimum absolute atomic E-state index is 0.0133. The molecule has 6 nitrogen and oxygen atoms in total. The molecule has 0 aliphatic carbocycles. The predicted molar refractivity (Wildman–Crippen MR) is 59.0 cm³/mol. The number of hydrogen-bond acceptors (Lipinski definition) is 4. The van der Waals surface area contributed by atoms with Crippen LogP contribution in [0.1, 0.15) is 20.8 Å². The molecule has 0 saturated heterocycles. The Labute approximate surface area is 95.0 Å². The van der Waals surface area contributed by atoms with Gasteiger partial charge in [-0.2, -0.15) is 0 Å². The van der Waals surface area contributed by atoms with Crippen molar-refractivity contribution in [2.45, 2.75) is 32.9 Å². The second kappa shape index (κ2) is 7.19. The van der Waals surface area contributed by atoms with Crippen molar-refractivity contribution in [2.75, 3.05) is 13.2 Å². The highest BCUT2D eigenvalue weighted by Crippen LogP contribution is 2.00. The van der Waals surface area contributed by atoms with E-state index in [9.17, 15) is 9.59 Å². The van der Waals surface area contributed by atoms with Crippen molar-refractivity contribution in [3.05, 3.63) is 0 Å². The Balaban J connectivity index is 4.11. The summed E-state index contributed by atoms with van der Waals surface area (Å²) < 4.78 is 0. The molecule has 94 valence electrons. The maximum atomic E-state index is 10.8. The first-order valence-electron chi connectivity index (χ1n) is 5.22. The summed E-state index contributed by atoms with van der Waals surface area (Å²) in [6.07, 6.45) is 0. The van der Waals surface area contributed by atoms with Gasteiger partial charge >= 0.3 is 5.97 Å². The lowest BCUT2D eigenvalue weighted by molar-refractivity contribution is -0.141. The molecular weight excluding hydrogens is 212 g/mol. The minimum Gasteiger partial charge on any atom is -0.480 e. The van der Waals surface area contributed by atoms with Gasteiger partial charge < -0.3 is 20.8 Å². The maximum absolute atomic E-state index is 10.8. The number of amides is 1. The fourth-order valence-corrected chi connectivity index (χ4v) is 1.11. The summed E-state index contributed by atoms with van der Waals surface area (Å²) >= 11 is 0. The zero-order valence-electron chi connectivity index (χ0n) is 9.86. The largest absolute Gasteiger partial charge is 0.480 e. The van der Waals surface area contributed by atoms with Crippen LogP contribution in [0.4, 0.5) is 0 Å². The van der Waals surface area contributed by atoms with Crippen molar-refractivity contribution < 1.29 is 19.8 Å². The highest BCUT2D eigenvalue weighted by atomic mass is 16.4. The summed E-state index contributed by atoms with van der Waals surface area (Å²) in [6, 6.07) is -0.952. The van der Waals surface area contributed by atoms with E-state index in [4.69, 9.17) is 10.2 Å². The van der Waals surface area contributed by atoms with Crippen LogP contribution in [0.2, 0.25) is 0 Å². The second-order valence-electron chi connectivity index (χ2n) is 3.95. The van der Waals surface area contributed by atoms with E-state index >= 15 is 0 Å².